The first-order valence-corrected chi connectivity index (χ1v) is 6.70. The lowest BCUT2D eigenvalue weighted by molar-refractivity contribution is 0.0421. The van der Waals surface area contributed by atoms with Crippen LogP contribution in [0.4, 0.5) is 5.69 Å². The highest BCUT2D eigenvalue weighted by Gasteiger charge is 2.05. The highest BCUT2D eigenvalue weighted by molar-refractivity contribution is 5.51. The van der Waals surface area contributed by atoms with Gasteiger partial charge in [-0.15, -0.1) is 0 Å². The van der Waals surface area contributed by atoms with Gasteiger partial charge in [0, 0.05) is 18.8 Å². The Kier molecular flexibility index (Phi) is 6.76. The lowest BCUT2D eigenvalue weighted by atomic mass is 10.1. The van der Waals surface area contributed by atoms with Crippen LogP contribution in [-0.4, -0.2) is 31.0 Å². The Bertz CT molecular complexity index is 352. The van der Waals surface area contributed by atoms with Crippen molar-refractivity contribution in [1.29, 1.82) is 0 Å². The van der Waals surface area contributed by atoms with Gasteiger partial charge in [-0.05, 0) is 31.9 Å². The molecule has 0 spiro atoms. The van der Waals surface area contributed by atoms with Gasteiger partial charge in [-0.2, -0.15) is 0 Å². The number of ether oxygens (including phenoxy) is 1. The predicted octanol–water partition coefficient (Wildman–Crippen LogP) is 2.89. The first kappa shape index (κ1) is 15.0. The van der Waals surface area contributed by atoms with Gasteiger partial charge in [-0.25, -0.2) is 0 Å². The van der Waals surface area contributed by atoms with Crippen LogP contribution in [0.3, 0.4) is 0 Å². The minimum absolute atomic E-state index is 0.401. The average molecular weight is 251 g/mol. The van der Waals surface area contributed by atoms with Gasteiger partial charge in [0.05, 0.1) is 12.7 Å². The summed E-state index contributed by atoms with van der Waals surface area (Å²) >= 11 is 0. The highest BCUT2D eigenvalue weighted by Crippen LogP contribution is 2.15. The molecule has 0 amide bonds. The summed E-state index contributed by atoms with van der Waals surface area (Å²) < 4.78 is 5.38. The minimum atomic E-state index is -0.456. The molecular weight excluding hydrogens is 226 g/mol. The zero-order valence-corrected chi connectivity index (χ0v) is 11.7. The fourth-order valence-electron chi connectivity index (χ4n) is 1.76. The van der Waals surface area contributed by atoms with E-state index >= 15 is 0 Å². The number of anilines is 1. The van der Waals surface area contributed by atoms with Crippen molar-refractivity contribution in [2.75, 3.05) is 25.1 Å². The van der Waals surface area contributed by atoms with E-state index < -0.39 is 6.10 Å². The zero-order chi connectivity index (χ0) is 13.4. The van der Waals surface area contributed by atoms with Crippen LogP contribution in [0, 0.1) is 13.8 Å². The van der Waals surface area contributed by atoms with Crippen molar-refractivity contribution in [2.45, 2.75) is 39.7 Å². The van der Waals surface area contributed by atoms with Gasteiger partial charge < -0.3 is 15.2 Å². The second-order valence-corrected chi connectivity index (χ2v) is 4.78. The second-order valence-electron chi connectivity index (χ2n) is 4.78. The number of nitrogens with one attached hydrogen (secondary N) is 1. The van der Waals surface area contributed by atoms with E-state index in [9.17, 15) is 5.11 Å². The quantitative estimate of drug-likeness (QED) is 0.698. The third-order valence-corrected chi connectivity index (χ3v) is 2.86. The maximum Gasteiger partial charge on any atom is 0.0945 e. The fraction of sp³-hybridized carbons (Fsp3) is 0.600. The van der Waals surface area contributed by atoms with Crippen LogP contribution in [0.25, 0.3) is 0 Å². The molecule has 0 aliphatic rings. The summed E-state index contributed by atoms with van der Waals surface area (Å²) in [5.41, 5.74) is 3.53. The van der Waals surface area contributed by atoms with Crippen LogP contribution in [0.15, 0.2) is 18.2 Å². The Morgan fingerprint density at radius 3 is 2.78 bits per heavy atom. The van der Waals surface area contributed by atoms with Crippen LogP contribution in [0.5, 0.6) is 0 Å². The standard InChI is InChI=1S/C15H25NO2/c1-4-5-8-18-11-14(17)10-16-15-7-6-12(2)9-13(15)3/h6-7,9,14,16-17H,4-5,8,10-11H2,1-3H3. The Morgan fingerprint density at radius 1 is 1.33 bits per heavy atom. The van der Waals surface area contributed by atoms with Gasteiger partial charge in [0.1, 0.15) is 0 Å². The first-order chi connectivity index (χ1) is 8.63. The summed E-state index contributed by atoms with van der Waals surface area (Å²) in [6, 6.07) is 6.25. The Hall–Kier alpha value is -1.06. The molecule has 0 fully saturated rings. The molecule has 3 nitrogen and oxygen atoms in total. The number of unbranched alkanes of at least 4 members (excludes halogenated alkanes) is 1. The molecule has 0 heterocycles. The molecule has 102 valence electrons. The predicted molar refractivity (Wildman–Crippen MR) is 76.1 cm³/mol. The molecule has 0 aromatic heterocycles. The molecular formula is C15H25NO2. The highest BCUT2D eigenvalue weighted by atomic mass is 16.5. The molecule has 2 N–H and O–H groups in total. The summed E-state index contributed by atoms with van der Waals surface area (Å²) in [5, 5.41) is 13.0. The number of hydrogen-bond donors (Lipinski definition) is 2. The number of aryl methyl sites for hydroxylation is 2. The van der Waals surface area contributed by atoms with E-state index in [0.717, 1.165) is 25.1 Å². The normalized spacial score (nSPS) is 12.4. The maximum absolute atomic E-state index is 9.77. The van der Waals surface area contributed by atoms with Gasteiger partial charge >= 0.3 is 0 Å². The summed E-state index contributed by atoms with van der Waals surface area (Å²) in [6.07, 6.45) is 1.72. The molecule has 0 bridgehead atoms. The van der Waals surface area contributed by atoms with Crippen molar-refractivity contribution in [3.8, 4) is 0 Å². The SMILES string of the molecule is CCCCOCC(O)CNc1ccc(C)cc1C. The number of rotatable bonds is 8. The second kappa shape index (κ2) is 8.11. The van der Waals surface area contributed by atoms with E-state index in [-0.39, 0.29) is 0 Å². The largest absolute Gasteiger partial charge is 0.389 e. The number of benzene rings is 1. The zero-order valence-electron chi connectivity index (χ0n) is 11.7. The van der Waals surface area contributed by atoms with E-state index in [2.05, 4.69) is 44.3 Å². The molecule has 0 saturated carbocycles. The lowest BCUT2D eigenvalue weighted by Crippen LogP contribution is -2.25. The van der Waals surface area contributed by atoms with Gasteiger partial charge in [0.15, 0.2) is 0 Å². The van der Waals surface area contributed by atoms with E-state index in [0.29, 0.717) is 13.2 Å². The molecule has 18 heavy (non-hydrogen) atoms. The summed E-state index contributed by atoms with van der Waals surface area (Å²) in [4.78, 5) is 0. The third kappa shape index (κ3) is 5.52. The molecule has 0 saturated heterocycles. The van der Waals surface area contributed by atoms with Crippen LogP contribution in [-0.2, 0) is 4.74 Å². The van der Waals surface area contributed by atoms with Crippen molar-refractivity contribution >= 4 is 5.69 Å². The van der Waals surface area contributed by atoms with E-state index in [1.54, 1.807) is 0 Å². The molecule has 1 aromatic carbocycles. The number of hydrogen-bond acceptors (Lipinski definition) is 3. The van der Waals surface area contributed by atoms with Crippen LogP contribution in [0.2, 0.25) is 0 Å². The molecule has 1 aromatic rings. The smallest absolute Gasteiger partial charge is 0.0945 e. The van der Waals surface area contributed by atoms with Gasteiger partial charge in [0.2, 0.25) is 0 Å². The number of aliphatic hydroxyl groups is 1. The Balaban J connectivity index is 2.27. The molecule has 3 heteroatoms. The molecule has 1 atom stereocenters. The first-order valence-electron chi connectivity index (χ1n) is 6.70. The fourth-order valence-corrected chi connectivity index (χ4v) is 1.76. The van der Waals surface area contributed by atoms with E-state index in [1.807, 2.05) is 0 Å². The molecule has 0 aliphatic heterocycles. The van der Waals surface area contributed by atoms with Crippen molar-refractivity contribution in [3.05, 3.63) is 29.3 Å². The van der Waals surface area contributed by atoms with E-state index in [1.165, 1.54) is 11.1 Å². The minimum Gasteiger partial charge on any atom is -0.389 e. The topological polar surface area (TPSA) is 41.5 Å². The van der Waals surface area contributed by atoms with Crippen molar-refractivity contribution < 1.29 is 9.84 Å². The van der Waals surface area contributed by atoms with Crippen molar-refractivity contribution in [3.63, 3.8) is 0 Å². The van der Waals surface area contributed by atoms with Crippen molar-refractivity contribution in [1.82, 2.24) is 0 Å². The summed E-state index contributed by atoms with van der Waals surface area (Å²) in [5.74, 6) is 0. The van der Waals surface area contributed by atoms with Crippen LogP contribution >= 0.6 is 0 Å². The van der Waals surface area contributed by atoms with Gasteiger partial charge in [0.25, 0.3) is 0 Å². The van der Waals surface area contributed by atoms with Crippen LogP contribution < -0.4 is 5.32 Å². The summed E-state index contributed by atoms with van der Waals surface area (Å²) in [7, 11) is 0. The Labute approximate surface area is 110 Å². The summed E-state index contributed by atoms with van der Waals surface area (Å²) in [6.45, 7) is 7.93. The molecule has 0 radical (unpaired) electrons. The third-order valence-electron chi connectivity index (χ3n) is 2.86. The molecule has 0 aliphatic carbocycles. The van der Waals surface area contributed by atoms with Gasteiger partial charge in [-0.1, -0.05) is 31.0 Å². The lowest BCUT2D eigenvalue weighted by Gasteiger charge is -2.15. The molecule has 1 rings (SSSR count). The van der Waals surface area contributed by atoms with E-state index in [4.69, 9.17) is 4.74 Å². The molecule has 1 unspecified atom stereocenters. The van der Waals surface area contributed by atoms with Crippen LogP contribution in [0.1, 0.15) is 30.9 Å². The average Bonchev–Trinajstić information content (AvgIpc) is 2.33. The number of aliphatic hydroxyl groups excluding tert-OH is 1. The monoisotopic (exact) mass is 251 g/mol. The van der Waals surface area contributed by atoms with Crippen molar-refractivity contribution in [2.24, 2.45) is 0 Å². The Morgan fingerprint density at radius 2 is 2.11 bits per heavy atom. The van der Waals surface area contributed by atoms with Gasteiger partial charge in [-0.3, -0.25) is 0 Å². The maximum atomic E-state index is 9.77.